The molecule has 1 fully saturated rings. The van der Waals surface area contributed by atoms with E-state index in [1.54, 1.807) is 72.8 Å². The summed E-state index contributed by atoms with van der Waals surface area (Å²) in [5.41, 5.74) is 2.82. The van der Waals surface area contributed by atoms with Crippen LogP contribution in [0.2, 0.25) is 0 Å². The molecular weight excluding hydrogens is 538 g/mol. The van der Waals surface area contributed by atoms with Gasteiger partial charge in [-0.3, -0.25) is 19.3 Å². The van der Waals surface area contributed by atoms with E-state index >= 15 is 0 Å². The molecular formula is C36H35N3O4. The van der Waals surface area contributed by atoms with Crippen LogP contribution < -0.4 is 10.6 Å². The Hall–Kier alpha value is -5.04. The maximum absolute atomic E-state index is 13.9. The van der Waals surface area contributed by atoms with Crippen molar-refractivity contribution >= 4 is 29.3 Å². The highest BCUT2D eigenvalue weighted by Gasteiger charge is 2.54. The van der Waals surface area contributed by atoms with E-state index in [9.17, 15) is 19.2 Å². The molecule has 2 N–H and O–H groups in total. The zero-order valence-corrected chi connectivity index (χ0v) is 24.5. The van der Waals surface area contributed by atoms with Crippen LogP contribution in [0.4, 0.5) is 10.5 Å². The van der Waals surface area contributed by atoms with E-state index in [0.717, 1.165) is 16.9 Å². The minimum Gasteiger partial charge on any atom is -0.326 e. The van der Waals surface area contributed by atoms with Crippen LogP contribution in [0.25, 0.3) is 0 Å². The summed E-state index contributed by atoms with van der Waals surface area (Å²) in [4.78, 5) is 54.1. The number of amides is 4. The first-order valence-corrected chi connectivity index (χ1v) is 14.5. The summed E-state index contributed by atoms with van der Waals surface area (Å²) in [6, 6.07) is 32.0. The van der Waals surface area contributed by atoms with Gasteiger partial charge in [0.25, 0.3) is 5.91 Å². The van der Waals surface area contributed by atoms with Gasteiger partial charge in [-0.2, -0.15) is 0 Å². The molecule has 218 valence electrons. The van der Waals surface area contributed by atoms with Gasteiger partial charge < -0.3 is 10.6 Å². The van der Waals surface area contributed by atoms with Crippen molar-refractivity contribution in [3.8, 4) is 0 Å². The summed E-state index contributed by atoms with van der Waals surface area (Å²) in [5, 5.41) is 5.77. The van der Waals surface area contributed by atoms with Crippen LogP contribution >= 0.6 is 0 Å². The maximum Gasteiger partial charge on any atom is 0.325 e. The van der Waals surface area contributed by atoms with Crippen molar-refractivity contribution in [1.29, 1.82) is 0 Å². The van der Waals surface area contributed by atoms with Gasteiger partial charge in [0.1, 0.15) is 0 Å². The second-order valence-corrected chi connectivity index (χ2v) is 11.4. The number of ketones is 1. The summed E-state index contributed by atoms with van der Waals surface area (Å²) in [6.45, 7) is 5.79. The molecule has 1 aliphatic rings. The summed E-state index contributed by atoms with van der Waals surface area (Å²) in [7, 11) is 0. The first kappa shape index (κ1) is 29.5. The molecule has 1 heterocycles. The second-order valence-electron chi connectivity index (χ2n) is 11.4. The molecule has 1 unspecified atom stereocenters. The minimum absolute atomic E-state index is 0.159. The largest absolute Gasteiger partial charge is 0.326 e. The van der Waals surface area contributed by atoms with E-state index in [1.807, 2.05) is 31.2 Å². The number of Topliss-reactive ketones (excluding diaryl/α,β-unsaturated/α-hetero) is 1. The van der Waals surface area contributed by atoms with Gasteiger partial charge in [-0.25, -0.2) is 4.79 Å². The average molecular weight is 574 g/mol. The Morgan fingerprint density at radius 2 is 1.33 bits per heavy atom. The molecule has 43 heavy (non-hydrogen) atoms. The van der Waals surface area contributed by atoms with Crippen LogP contribution in [-0.2, 0) is 21.5 Å². The number of anilines is 1. The van der Waals surface area contributed by atoms with Gasteiger partial charge in [0, 0.05) is 11.3 Å². The van der Waals surface area contributed by atoms with Crippen LogP contribution in [0.5, 0.6) is 0 Å². The van der Waals surface area contributed by atoms with E-state index in [4.69, 9.17) is 0 Å². The number of hydrogen-bond acceptors (Lipinski definition) is 4. The molecule has 7 nitrogen and oxygen atoms in total. The minimum atomic E-state index is -1.43. The Balaban J connectivity index is 1.26. The lowest BCUT2D eigenvalue weighted by molar-refractivity contribution is -0.130. The molecule has 0 bridgehead atoms. The summed E-state index contributed by atoms with van der Waals surface area (Å²) < 4.78 is 0. The van der Waals surface area contributed by atoms with Crippen molar-refractivity contribution in [3.63, 3.8) is 0 Å². The van der Waals surface area contributed by atoms with Gasteiger partial charge in [-0.15, -0.1) is 0 Å². The summed E-state index contributed by atoms with van der Waals surface area (Å²) in [5.74, 6) is -0.866. The third-order valence-electron chi connectivity index (χ3n) is 7.81. The molecule has 7 heteroatoms. The van der Waals surface area contributed by atoms with E-state index in [-0.39, 0.29) is 11.8 Å². The number of rotatable bonds is 10. The SMILES string of the molecule is CC(C)Cc1ccc(C(C)C(=O)Nc2ccc(C(=O)CN3C(=O)NC(c4ccccc4)(c4ccccc4)C3=O)cc2)cc1. The highest BCUT2D eigenvalue weighted by Crippen LogP contribution is 2.36. The van der Waals surface area contributed by atoms with Crippen molar-refractivity contribution in [2.45, 2.75) is 38.6 Å². The number of nitrogens with zero attached hydrogens (tertiary/aromatic N) is 1. The van der Waals surface area contributed by atoms with Crippen molar-refractivity contribution < 1.29 is 19.2 Å². The van der Waals surface area contributed by atoms with Crippen LogP contribution in [0.3, 0.4) is 0 Å². The van der Waals surface area contributed by atoms with Crippen LogP contribution in [0, 0.1) is 5.92 Å². The normalized spacial score (nSPS) is 14.8. The lowest BCUT2D eigenvalue weighted by atomic mass is 9.82. The Morgan fingerprint density at radius 3 is 1.86 bits per heavy atom. The van der Waals surface area contributed by atoms with Gasteiger partial charge in [-0.1, -0.05) is 98.8 Å². The molecule has 1 aliphatic heterocycles. The Kier molecular flexibility index (Phi) is 8.53. The van der Waals surface area contributed by atoms with Gasteiger partial charge in [0.15, 0.2) is 11.3 Å². The van der Waals surface area contributed by atoms with E-state index in [2.05, 4.69) is 36.6 Å². The smallest absolute Gasteiger partial charge is 0.325 e. The highest BCUT2D eigenvalue weighted by molar-refractivity contribution is 6.13. The zero-order valence-electron chi connectivity index (χ0n) is 24.5. The Morgan fingerprint density at radius 1 is 0.767 bits per heavy atom. The van der Waals surface area contributed by atoms with E-state index < -0.39 is 29.8 Å². The number of hydrogen-bond donors (Lipinski definition) is 2. The van der Waals surface area contributed by atoms with E-state index in [0.29, 0.717) is 28.3 Å². The number of imide groups is 1. The predicted octanol–water partition coefficient (Wildman–Crippen LogP) is 6.31. The Bertz CT molecular complexity index is 1580. The lowest BCUT2D eigenvalue weighted by Crippen LogP contribution is -2.45. The van der Waals surface area contributed by atoms with Crippen molar-refractivity contribution in [1.82, 2.24) is 10.2 Å². The van der Waals surface area contributed by atoms with Crippen LogP contribution in [0.1, 0.15) is 59.3 Å². The predicted molar refractivity (Wildman–Crippen MR) is 167 cm³/mol. The van der Waals surface area contributed by atoms with E-state index in [1.165, 1.54) is 5.56 Å². The van der Waals surface area contributed by atoms with Gasteiger partial charge in [0.05, 0.1) is 12.5 Å². The Labute approximate surface area is 251 Å². The number of nitrogens with one attached hydrogen (secondary N) is 2. The number of benzene rings is 4. The average Bonchev–Trinajstić information content (AvgIpc) is 3.27. The molecule has 0 aromatic heterocycles. The van der Waals surface area contributed by atoms with Crippen LogP contribution in [-0.4, -0.2) is 35.1 Å². The first-order chi connectivity index (χ1) is 20.7. The fraction of sp³-hybridized carbons (Fsp3) is 0.222. The first-order valence-electron chi connectivity index (χ1n) is 14.5. The molecule has 0 spiro atoms. The molecule has 0 aliphatic carbocycles. The fourth-order valence-corrected chi connectivity index (χ4v) is 5.44. The second kappa shape index (κ2) is 12.4. The molecule has 4 aromatic carbocycles. The van der Waals surface area contributed by atoms with Crippen LogP contribution in [0.15, 0.2) is 109 Å². The molecule has 1 atom stereocenters. The standard InChI is InChI=1S/C36H35N3O4/c1-24(2)22-26-14-16-27(17-15-26)25(3)33(41)37-31-20-18-28(19-21-31)32(40)23-39-34(42)36(38-35(39)43,29-10-6-4-7-11-29)30-12-8-5-9-13-30/h4-21,24-25H,22-23H2,1-3H3,(H,37,41)(H,38,43). The zero-order chi connectivity index (χ0) is 30.6. The topological polar surface area (TPSA) is 95.6 Å². The van der Waals surface area contributed by atoms with Crippen molar-refractivity contribution in [2.75, 3.05) is 11.9 Å². The summed E-state index contributed by atoms with van der Waals surface area (Å²) in [6.07, 6.45) is 0.990. The van der Waals surface area contributed by atoms with Gasteiger partial charge >= 0.3 is 6.03 Å². The highest BCUT2D eigenvalue weighted by atomic mass is 16.2. The molecule has 4 amide bonds. The lowest BCUT2D eigenvalue weighted by Gasteiger charge is -2.28. The molecule has 5 rings (SSSR count). The molecule has 0 radical (unpaired) electrons. The number of urea groups is 1. The monoisotopic (exact) mass is 573 g/mol. The number of carbonyl (C=O) groups is 4. The summed E-state index contributed by atoms with van der Waals surface area (Å²) >= 11 is 0. The van der Waals surface area contributed by atoms with Crippen molar-refractivity contribution in [2.24, 2.45) is 5.92 Å². The molecule has 0 saturated carbocycles. The molecule has 1 saturated heterocycles. The number of carbonyl (C=O) groups excluding carboxylic acids is 4. The third kappa shape index (κ3) is 6.11. The maximum atomic E-state index is 13.9. The molecule has 4 aromatic rings. The quantitative estimate of drug-likeness (QED) is 0.172. The fourth-order valence-electron chi connectivity index (χ4n) is 5.44. The van der Waals surface area contributed by atoms with Gasteiger partial charge in [0.2, 0.25) is 5.91 Å². The van der Waals surface area contributed by atoms with Crippen molar-refractivity contribution in [3.05, 3.63) is 137 Å². The van der Waals surface area contributed by atoms with Gasteiger partial charge in [-0.05, 0) is 65.8 Å². The third-order valence-corrected chi connectivity index (χ3v) is 7.81.